The number of aliphatic hydroxyl groups excluding tert-OH is 1. The van der Waals surface area contributed by atoms with Gasteiger partial charge >= 0.3 is 0 Å². The zero-order valence-corrected chi connectivity index (χ0v) is 23.0. The number of carbonyl (C=O) groups excluding carboxylic acids is 3. The lowest BCUT2D eigenvalue weighted by Crippen LogP contribution is -2.46. The number of rotatable bonds is 8. The van der Waals surface area contributed by atoms with Crippen molar-refractivity contribution >= 4 is 29.1 Å². The molecule has 0 saturated carbocycles. The van der Waals surface area contributed by atoms with Crippen molar-refractivity contribution in [2.75, 3.05) is 24.4 Å². The first-order valence-electron chi connectivity index (χ1n) is 13.5. The lowest BCUT2D eigenvalue weighted by Gasteiger charge is -2.36. The summed E-state index contributed by atoms with van der Waals surface area (Å²) >= 11 is 0. The Kier molecular flexibility index (Phi) is 7.92. The van der Waals surface area contributed by atoms with Crippen LogP contribution in [0.5, 0.6) is 5.75 Å². The van der Waals surface area contributed by atoms with E-state index in [9.17, 15) is 24.6 Å². The van der Waals surface area contributed by atoms with Gasteiger partial charge in [0.2, 0.25) is 5.91 Å². The minimum absolute atomic E-state index is 0.0610. The third-order valence-corrected chi connectivity index (χ3v) is 7.90. The number of methoxy groups -OCH3 is 1. The third-order valence-electron chi connectivity index (χ3n) is 7.90. The molecule has 2 aliphatic rings. The zero-order valence-electron chi connectivity index (χ0n) is 23.0. The second-order valence-electron chi connectivity index (χ2n) is 10.4. The smallest absolute Gasteiger partial charge is 0.261 e. The second kappa shape index (κ2) is 11.6. The van der Waals surface area contributed by atoms with E-state index in [4.69, 9.17) is 4.74 Å². The molecule has 0 bridgehead atoms. The number of aliphatic hydroxyl groups is 2. The molecule has 0 unspecified atom stereocenters. The van der Waals surface area contributed by atoms with Crippen LogP contribution in [-0.4, -0.2) is 52.6 Å². The van der Waals surface area contributed by atoms with Crippen molar-refractivity contribution in [2.24, 2.45) is 5.92 Å². The monoisotopic (exact) mass is 555 g/mol. The predicted molar refractivity (Wildman–Crippen MR) is 154 cm³/mol. The normalized spacial score (nSPS) is 20.2. The van der Waals surface area contributed by atoms with E-state index in [-0.39, 0.29) is 30.9 Å². The van der Waals surface area contributed by atoms with Crippen LogP contribution in [0.1, 0.15) is 40.4 Å². The Balaban J connectivity index is 1.28. The Morgan fingerprint density at radius 3 is 2.59 bits per heavy atom. The molecule has 0 spiro atoms. The van der Waals surface area contributed by atoms with Crippen LogP contribution in [0.2, 0.25) is 0 Å². The van der Waals surface area contributed by atoms with Crippen molar-refractivity contribution in [1.82, 2.24) is 4.90 Å². The predicted octanol–water partition coefficient (Wildman–Crippen LogP) is 3.62. The molecular formula is C32H33N3O6. The first-order chi connectivity index (χ1) is 19.7. The number of anilines is 2. The highest BCUT2D eigenvalue weighted by atomic mass is 16.5. The van der Waals surface area contributed by atoms with Crippen molar-refractivity contribution < 1.29 is 29.3 Å². The topological polar surface area (TPSA) is 128 Å². The Bertz CT molecular complexity index is 1500. The van der Waals surface area contributed by atoms with Gasteiger partial charge in [0.15, 0.2) is 5.60 Å². The Morgan fingerprint density at radius 1 is 1.15 bits per heavy atom. The molecule has 2 heterocycles. The number of carbonyl (C=O) groups is 3. The van der Waals surface area contributed by atoms with Crippen molar-refractivity contribution in [3.05, 3.63) is 101 Å². The molecule has 0 radical (unpaired) electrons. The first-order valence-corrected chi connectivity index (χ1v) is 13.5. The van der Waals surface area contributed by atoms with E-state index in [2.05, 4.69) is 10.6 Å². The van der Waals surface area contributed by atoms with Crippen LogP contribution in [0.15, 0.2) is 78.9 Å². The molecule has 9 heteroatoms. The van der Waals surface area contributed by atoms with E-state index in [1.54, 1.807) is 73.6 Å². The average molecular weight is 556 g/mol. The van der Waals surface area contributed by atoms with Gasteiger partial charge in [-0.05, 0) is 60.0 Å². The van der Waals surface area contributed by atoms with Crippen LogP contribution in [0.25, 0.3) is 0 Å². The number of hydrogen-bond donors (Lipinski definition) is 4. The maximum Gasteiger partial charge on any atom is 0.261 e. The fourth-order valence-corrected chi connectivity index (χ4v) is 5.46. The Labute approximate surface area is 238 Å². The minimum Gasteiger partial charge on any atom is -0.497 e. The number of nitrogens with zero attached hydrogens (tertiary/aromatic N) is 1. The Morgan fingerprint density at radius 2 is 1.88 bits per heavy atom. The SMILES string of the molecule is COc1ccc(C(=O)Nc2ccc3c(c2)[C@@](O)([C@H](C)/C=C/CC(=O)N2Cc4ccccc4C[C@H]2CO)C(=O)N3)cc1. The number of fused-ring (bicyclic) bond motifs is 2. The maximum absolute atomic E-state index is 13.1. The van der Waals surface area contributed by atoms with Gasteiger partial charge in [0.1, 0.15) is 5.75 Å². The molecule has 9 nitrogen and oxygen atoms in total. The number of benzene rings is 3. The molecule has 41 heavy (non-hydrogen) atoms. The van der Waals surface area contributed by atoms with Gasteiger partial charge in [-0.3, -0.25) is 14.4 Å². The highest BCUT2D eigenvalue weighted by Gasteiger charge is 2.48. The van der Waals surface area contributed by atoms with Gasteiger partial charge < -0.3 is 30.5 Å². The lowest BCUT2D eigenvalue weighted by atomic mass is 9.82. The van der Waals surface area contributed by atoms with E-state index in [0.717, 1.165) is 11.1 Å². The summed E-state index contributed by atoms with van der Waals surface area (Å²) in [5.74, 6) is -1.12. The molecule has 4 N–H and O–H groups in total. The molecule has 212 valence electrons. The molecule has 3 aromatic rings. The van der Waals surface area contributed by atoms with Gasteiger partial charge in [-0.15, -0.1) is 0 Å². The number of ether oxygens (including phenoxy) is 1. The molecule has 0 aromatic heterocycles. The van der Waals surface area contributed by atoms with Gasteiger partial charge in [-0.1, -0.05) is 43.3 Å². The lowest BCUT2D eigenvalue weighted by molar-refractivity contribution is -0.137. The van der Waals surface area contributed by atoms with Crippen molar-refractivity contribution in [1.29, 1.82) is 0 Å². The highest BCUT2D eigenvalue weighted by molar-refractivity contribution is 6.07. The molecule has 3 atom stereocenters. The van der Waals surface area contributed by atoms with Crippen molar-refractivity contribution in [2.45, 2.75) is 38.0 Å². The van der Waals surface area contributed by atoms with E-state index in [0.29, 0.717) is 41.2 Å². The summed E-state index contributed by atoms with van der Waals surface area (Å²) < 4.78 is 5.13. The number of nitrogens with one attached hydrogen (secondary N) is 2. The minimum atomic E-state index is -1.90. The maximum atomic E-state index is 13.1. The molecular weight excluding hydrogens is 522 g/mol. The molecule has 0 fully saturated rings. The van der Waals surface area contributed by atoms with Crippen LogP contribution in [0.3, 0.4) is 0 Å². The van der Waals surface area contributed by atoms with E-state index in [1.165, 1.54) is 0 Å². The summed E-state index contributed by atoms with van der Waals surface area (Å²) in [6, 6.07) is 19.1. The van der Waals surface area contributed by atoms with Gasteiger partial charge in [0.05, 0.1) is 19.8 Å². The summed E-state index contributed by atoms with van der Waals surface area (Å²) in [6.07, 6.45) is 3.96. The fourth-order valence-electron chi connectivity index (χ4n) is 5.46. The summed E-state index contributed by atoms with van der Waals surface area (Å²) in [4.78, 5) is 40.5. The van der Waals surface area contributed by atoms with Crippen LogP contribution in [-0.2, 0) is 28.2 Å². The molecule has 0 saturated heterocycles. The van der Waals surface area contributed by atoms with Gasteiger partial charge in [-0.25, -0.2) is 0 Å². The molecule has 3 amide bonds. The quantitative estimate of drug-likeness (QED) is 0.315. The Hall–Kier alpha value is -4.47. The largest absolute Gasteiger partial charge is 0.497 e. The van der Waals surface area contributed by atoms with Gasteiger partial charge in [-0.2, -0.15) is 0 Å². The summed E-state index contributed by atoms with van der Waals surface area (Å²) in [7, 11) is 1.55. The standard InChI is InChI=1S/C32H33N3O6/c1-20(6-5-9-29(37)35-18-23-8-4-3-7-22(23)16-25(35)19-36)32(40)27-17-24(12-15-28(27)34-31(32)39)33-30(38)21-10-13-26(41-2)14-11-21/h3-8,10-15,17,20,25,36,40H,9,16,18-19H2,1-2H3,(H,33,38)(H,34,39)/b6-5+/t20-,25+,32+/m1/s1. The average Bonchev–Trinajstić information content (AvgIpc) is 3.25. The highest BCUT2D eigenvalue weighted by Crippen LogP contribution is 2.43. The molecule has 2 aliphatic heterocycles. The van der Waals surface area contributed by atoms with E-state index < -0.39 is 17.4 Å². The first kappa shape index (κ1) is 28.1. The fraction of sp³-hybridized carbons (Fsp3) is 0.281. The van der Waals surface area contributed by atoms with E-state index in [1.807, 2.05) is 24.3 Å². The van der Waals surface area contributed by atoms with Crippen LogP contribution in [0, 0.1) is 5.92 Å². The molecule has 0 aliphatic carbocycles. The van der Waals surface area contributed by atoms with Crippen molar-refractivity contribution in [3.8, 4) is 5.75 Å². The number of amides is 3. The summed E-state index contributed by atoms with van der Waals surface area (Å²) in [6.45, 7) is 1.99. The number of hydrogen-bond acceptors (Lipinski definition) is 6. The van der Waals surface area contributed by atoms with Crippen LogP contribution in [0.4, 0.5) is 11.4 Å². The van der Waals surface area contributed by atoms with Gasteiger partial charge in [0.25, 0.3) is 11.8 Å². The summed E-state index contributed by atoms with van der Waals surface area (Å²) in [5.41, 5.74) is 1.94. The van der Waals surface area contributed by atoms with Crippen LogP contribution < -0.4 is 15.4 Å². The summed E-state index contributed by atoms with van der Waals surface area (Å²) in [5, 5.41) is 27.0. The third kappa shape index (κ3) is 5.46. The van der Waals surface area contributed by atoms with E-state index >= 15 is 0 Å². The molecule has 5 rings (SSSR count). The zero-order chi connectivity index (χ0) is 29.1. The van der Waals surface area contributed by atoms with Gasteiger partial charge in [0, 0.05) is 41.4 Å². The molecule has 3 aromatic carbocycles. The second-order valence-corrected chi connectivity index (χ2v) is 10.4. The van der Waals surface area contributed by atoms with Crippen LogP contribution >= 0.6 is 0 Å². The van der Waals surface area contributed by atoms with Crippen molar-refractivity contribution in [3.63, 3.8) is 0 Å².